The summed E-state index contributed by atoms with van der Waals surface area (Å²) in [6.45, 7) is 3.61. The molecule has 1 saturated heterocycles. The van der Waals surface area contributed by atoms with Crippen LogP contribution in [0.1, 0.15) is 18.4 Å². The Kier molecular flexibility index (Phi) is 3.40. The molecule has 20 heavy (non-hydrogen) atoms. The van der Waals surface area contributed by atoms with E-state index in [1.807, 2.05) is 6.92 Å². The zero-order valence-corrected chi connectivity index (χ0v) is 11.4. The summed E-state index contributed by atoms with van der Waals surface area (Å²) in [6.07, 6.45) is 1.87. The molecule has 1 aromatic carbocycles. The van der Waals surface area contributed by atoms with Gasteiger partial charge in [0.2, 0.25) is 5.95 Å². The molecule has 0 unspecified atom stereocenters. The maximum Gasteiger partial charge on any atom is 0.245 e. The van der Waals surface area contributed by atoms with Gasteiger partial charge in [-0.1, -0.05) is 11.6 Å². The van der Waals surface area contributed by atoms with Gasteiger partial charge in [0.15, 0.2) is 5.82 Å². The molecule has 1 aliphatic heterocycles. The van der Waals surface area contributed by atoms with Crippen LogP contribution in [0.4, 0.5) is 10.3 Å². The number of piperidine rings is 1. The van der Waals surface area contributed by atoms with Gasteiger partial charge in [0.05, 0.1) is 5.56 Å². The van der Waals surface area contributed by atoms with E-state index in [2.05, 4.69) is 20.1 Å². The SMILES string of the molecule is Cc1ccc(F)c(-c2nc(N3CCC(N)CC3)n[nH]2)c1. The third-order valence-electron chi connectivity index (χ3n) is 3.67. The Balaban J connectivity index is 1.85. The molecule has 0 saturated carbocycles. The van der Waals surface area contributed by atoms with E-state index in [9.17, 15) is 4.39 Å². The highest BCUT2D eigenvalue weighted by molar-refractivity contribution is 5.58. The molecule has 3 rings (SSSR count). The fourth-order valence-electron chi connectivity index (χ4n) is 2.43. The lowest BCUT2D eigenvalue weighted by atomic mass is 10.1. The van der Waals surface area contributed by atoms with Gasteiger partial charge in [-0.25, -0.2) is 4.39 Å². The number of hydrogen-bond acceptors (Lipinski definition) is 4. The minimum Gasteiger partial charge on any atom is -0.339 e. The van der Waals surface area contributed by atoms with Crippen LogP contribution in [0.5, 0.6) is 0 Å². The second kappa shape index (κ2) is 5.20. The summed E-state index contributed by atoms with van der Waals surface area (Å²) in [7, 11) is 0. The summed E-state index contributed by atoms with van der Waals surface area (Å²) in [5.41, 5.74) is 7.33. The molecule has 0 bridgehead atoms. The first-order chi connectivity index (χ1) is 9.63. The number of halogens is 1. The maximum atomic E-state index is 13.8. The van der Waals surface area contributed by atoms with Crippen molar-refractivity contribution in [2.24, 2.45) is 5.73 Å². The lowest BCUT2D eigenvalue weighted by Crippen LogP contribution is -2.40. The fraction of sp³-hybridized carbons (Fsp3) is 0.429. The van der Waals surface area contributed by atoms with Gasteiger partial charge in [0, 0.05) is 19.1 Å². The first-order valence-corrected chi connectivity index (χ1v) is 6.83. The molecule has 2 aromatic rings. The molecule has 0 aliphatic carbocycles. The van der Waals surface area contributed by atoms with E-state index in [0.29, 0.717) is 17.3 Å². The van der Waals surface area contributed by atoms with Crippen molar-refractivity contribution in [2.45, 2.75) is 25.8 Å². The fourth-order valence-corrected chi connectivity index (χ4v) is 2.43. The molecule has 0 atom stereocenters. The molecule has 1 fully saturated rings. The van der Waals surface area contributed by atoms with Crippen LogP contribution >= 0.6 is 0 Å². The van der Waals surface area contributed by atoms with Crippen LogP contribution in [0.25, 0.3) is 11.4 Å². The van der Waals surface area contributed by atoms with Crippen LogP contribution in [0, 0.1) is 12.7 Å². The number of rotatable bonds is 2. The zero-order chi connectivity index (χ0) is 14.1. The van der Waals surface area contributed by atoms with E-state index in [1.165, 1.54) is 6.07 Å². The van der Waals surface area contributed by atoms with Crippen molar-refractivity contribution >= 4 is 5.95 Å². The molecule has 6 heteroatoms. The number of nitrogens with zero attached hydrogens (tertiary/aromatic N) is 3. The zero-order valence-electron chi connectivity index (χ0n) is 11.4. The molecule has 3 N–H and O–H groups in total. The summed E-state index contributed by atoms with van der Waals surface area (Å²) in [6, 6.07) is 5.22. The number of aryl methyl sites for hydroxylation is 1. The van der Waals surface area contributed by atoms with E-state index >= 15 is 0 Å². The summed E-state index contributed by atoms with van der Waals surface area (Å²) in [4.78, 5) is 6.49. The van der Waals surface area contributed by atoms with Gasteiger partial charge < -0.3 is 10.6 Å². The van der Waals surface area contributed by atoms with Crippen LogP contribution in [0.15, 0.2) is 18.2 Å². The highest BCUT2D eigenvalue weighted by Gasteiger charge is 2.20. The van der Waals surface area contributed by atoms with Gasteiger partial charge in [0.25, 0.3) is 0 Å². The van der Waals surface area contributed by atoms with Crippen LogP contribution in [-0.2, 0) is 0 Å². The molecular weight excluding hydrogens is 257 g/mol. The van der Waals surface area contributed by atoms with Gasteiger partial charge in [0.1, 0.15) is 5.82 Å². The van der Waals surface area contributed by atoms with Gasteiger partial charge in [-0.3, -0.25) is 5.10 Å². The predicted octanol–water partition coefficient (Wildman–Crippen LogP) is 1.85. The molecule has 2 heterocycles. The lowest BCUT2D eigenvalue weighted by molar-refractivity contribution is 0.496. The van der Waals surface area contributed by atoms with Gasteiger partial charge in [-0.2, -0.15) is 4.98 Å². The maximum absolute atomic E-state index is 13.8. The smallest absolute Gasteiger partial charge is 0.245 e. The second-order valence-corrected chi connectivity index (χ2v) is 5.29. The lowest BCUT2D eigenvalue weighted by Gasteiger charge is -2.28. The minimum absolute atomic E-state index is 0.263. The first-order valence-electron chi connectivity index (χ1n) is 6.83. The van der Waals surface area contributed by atoms with Crippen LogP contribution < -0.4 is 10.6 Å². The predicted molar refractivity (Wildman–Crippen MR) is 75.9 cm³/mol. The Morgan fingerprint density at radius 3 is 2.85 bits per heavy atom. The molecular formula is C14H18FN5. The highest BCUT2D eigenvalue weighted by Crippen LogP contribution is 2.23. The summed E-state index contributed by atoms with van der Waals surface area (Å²) >= 11 is 0. The van der Waals surface area contributed by atoms with E-state index in [1.54, 1.807) is 12.1 Å². The number of anilines is 1. The van der Waals surface area contributed by atoms with Crippen molar-refractivity contribution in [3.8, 4) is 11.4 Å². The molecule has 1 aromatic heterocycles. The largest absolute Gasteiger partial charge is 0.339 e. The van der Waals surface area contributed by atoms with E-state index in [4.69, 9.17) is 5.73 Å². The van der Waals surface area contributed by atoms with E-state index in [-0.39, 0.29) is 11.9 Å². The molecule has 106 valence electrons. The van der Waals surface area contributed by atoms with E-state index < -0.39 is 0 Å². The number of H-pyrrole nitrogens is 1. The van der Waals surface area contributed by atoms with Crippen molar-refractivity contribution in [1.29, 1.82) is 0 Å². The Hall–Kier alpha value is -1.95. The van der Waals surface area contributed by atoms with Gasteiger partial charge in [-0.15, -0.1) is 5.10 Å². The normalized spacial score (nSPS) is 16.6. The van der Waals surface area contributed by atoms with Crippen molar-refractivity contribution in [3.05, 3.63) is 29.6 Å². The average molecular weight is 275 g/mol. The standard InChI is InChI=1S/C14H18FN5/c1-9-2-3-12(15)11(8-9)13-17-14(19-18-13)20-6-4-10(16)5-7-20/h2-3,8,10H,4-7,16H2,1H3,(H,17,18,19). The van der Waals surface area contributed by atoms with Crippen molar-refractivity contribution < 1.29 is 4.39 Å². The number of nitrogens with one attached hydrogen (secondary N) is 1. The molecule has 0 spiro atoms. The van der Waals surface area contributed by atoms with Gasteiger partial charge in [-0.05, 0) is 31.9 Å². The quantitative estimate of drug-likeness (QED) is 0.877. The number of aromatic amines is 1. The molecule has 5 nitrogen and oxygen atoms in total. The monoisotopic (exact) mass is 275 g/mol. The van der Waals surface area contributed by atoms with Crippen molar-refractivity contribution in [2.75, 3.05) is 18.0 Å². The Morgan fingerprint density at radius 1 is 1.35 bits per heavy atom. The Bertz CT molecular complexity index is 601. The molecule has 1 aliphatic rings. The number of aromatic nitrogens is 3. The third kappa shape index (κ3) is 2.51. The highest BCUT2D eigenvalue weighted by atomic mass is 19.1. The molecule has 0 amide bonds. The van der Waals surface area contributed by atoms with E-state index in [0.717, 1.165) is 31.5 Å². The first kappa shape index (κ1) is 13.1. The number of nitrogens with two attached hydrogens (primary N) is 1. The van der Waals surface area contributed by atoms with Crippen LogP contribution in [0.3, 0.4) is 0 Å². The summed E-state index contributed by atoms with van der Waals surface area (Å²) in [5.74, 6) is 0.794. The number of hydrogen-bond donors (Lipinski definition) is 2. The Morgan fingerprint density at radius 2 is 2.10 bits per heavy atom. The van der Waals surface area contributed by atoms with Crippen LogP contribution in [-0.4, -0.2) is 34.3 Å². The topological polar surface area (TPSA) is 70.8 Å². The van der Waals surface area contributed by atoms with Crippen LogP contribution in [0.2, 0.25) is 0 Å². The third-order valence-corrected chi connectivity index (χ3v) is 3.67. The Labute approximate surface area is 117 Å². The summed E-state index contributed by atoms with van der Waals surface area (Å²) in [5, 5.41) is 7.02. The summed E-state index contributed by atoms with van der Waals surface area (Å²) < 4.78 is 13.8. The van der Waals surface area contributed by atoms with Crippen molar-refractivity contribution in [1.82, 2.24) is 15.2 Å². The van der Waals surface area contributed by atoms with Crippen molar-refractivity contribution in [3.63, 3.8) is 0 Å². The average Bonchev–Trinajstić information content (AvgIpc) is 2.92. The number of benzene rings is 1. The second-order valence-electron chi connectivity index (χ2n) is 5.29. The van der Waals surface area contributed by atoms with Gasteiger partial charge >= 0.3 is 0 Å². The molecule has 0 radical (unpaired) electrons. The minimum atomic E-state index is -0.293.